The maximum absolute atomic E-state index is 8.93. The van der Waals surface area contributed by atoms with Gasteiger partial charge in [-0.25, -0.2) is 0 Å². The van der Waals surface area contributed by atoms with Crippen LogP contribution in [0.25, 0.3) is 0 Å². The Labute approximate surface area is 78.8 Å². The molecule has 0 bridgehead atoms. The number of aliphatic hydroxyl groups excluding tert-OH is 2. The molecule has 1 saturated carbocycles. The van der Waals surface area contributed by atoms with Gasteiger partial charge in [0.1, 0.15) is 0 Å². The highest BCUT2D eigenvalue weighted by Crippen LogP contribution is 2.24. The molecule has 0 heterocycles. The van der Waals surface area contributed by atoms with E-state index in [1.54, 1.807) is 0 Å². The summed E-state index contributed by atoms with van der Waals surface area (Å²) in [5.41, 5.74) is 0. The van der Waals surface area contributed by atoms with E-state index in [0.717, 1.165) is 19.3 Å². The Morgan fingerprint density at radius 2 is 1.54 bits per heavy atom. The summed E-state index contributed by atoms with van der Waals surface area (Å²) in [6.45, 7) is 1.39. The highest BCUT2D eigenvalue weighted by Gasteiger charge is 2.24. The van der Waals surface area contributed by atoms with E-state index in [9.17, 15) is 0 Å². The molecule has 0 aromatic rings. The van der Waals surface area contributed by atoms with Crippen LogP contribution >= 0.6 is 0 Å². The summed E-state index contributed by atoms with van der Waals surface area (Å²) in [5.74, 6) is -1.32. The number of hydrogen-bond acceptors (Lipinski definition) is 4. The number of hydrogen-bond donors (Lipinski definition) is 4. The van der Waals surface area contributed by atoms with Crippen molar-refractivity contribution in [2.75, 3.05) is 6.61 Å². The molecule has 1 aliphatic carbocycles. The Balaban J connectivity index is 0.000000252. The summed E-state index contributed by atoms with van der Waals surface area (Å²) in [6.07, 6.45) is 3.65. The van der Waals surface area contributed by atoms with Crippen LogP contribution in [0.4, 0.5) is 0 Å². The lowest BCUT2D eigenvalue weighted by Crippen LogP contribution is -2.30. The first kappa shape index (κ1) is 12.8. The van der Waals surface area contributed by atoms with Crippen LogP contribution in [0.1, 0.15) is 39.0 Å². The molecule has 4 nitrogen and oxygen atoms in total. The molecule has 1 rings (SSSR count). The van der Waals surface area contributed by atoms with Gasteiger partial charge in [-0.15, -0.1) is 0 Å². The lowest BCUT2D eigenvalue weighted by molar-refractivity contribution is -0.180. The fraction of sp³-hybridized carbons (Fsp3) is 1.00. The van der Waals surface area contributed by atoms with E-state index in [0.29, 0.717) is 12.8 Å². The molecule has 0 amide bonds. The van der Waals surface area contributed by atoms with Crippen molar-refractivity contribution in [1.82, 2.24) is 0 Å². The molecule has 0 saturated heterocycles. The van der Waals surface area contributed by atoms with Gasteiger partial charge in [-0.2, -0.15) is 0 Å². The first-order chi connectivity index (χ1) is 5.98. The van der Waals surface area contributed by atoms with Crippen molar-refractivity contribution in [3.05, 3.63) is 0 Å². The quantitative estimate of drug-likeness (QED) is 0.440. The summed E-state index contributed by atoms with van der Waals surface area (Å²) in [7, 11) is 0. The average Bonchev–Trinajstić information content (AvgIpc) is 2.05. The Bertz CT molecular complexity index is 115. The fourth-order valence-electron chi connectivity index (χ4n) is 1.12. The zero-order chi connectivity index (χ0) is 10.3. The second kappa shape index (κ2) is 6.32. The SMILES string of the molecule is CC(O)CO.OC1(O)CCCCC1. The van der Waals surface area contributed by atoms with Gasteiger partial charge in [0.25, 0.3) is 0 Å². The van der Waals surface area contributed by atoms with Gasteiger partial charge in [0.15, 0.2) is 5.79 Å². The highest BCUT2D eigenvalue weighted by atomic mass is 16.5. The standard InChI is InChI=1S/C6H12O2.C3H8O2/c7-6(8)4-2-1-3-5-6;1-3(5)2-4/h7-8H,1-5H2;3-5H,2H2,1H3. The van der Waals surface area contributed by atoms with Gasteiger partial charge in [-0.3, -0.25) is 0 Å². The predicted molar refractivity (Wildman–Crippen MR) is 49.0 cm³/mol. The summed E-state index contributed by atoms with van der Waals surface area (Å²) < 4.78 is 0. The zero-order valence-corrected chi connectivity index (χ0v) is 8.11. The molecular weight excluding hydrogens is 172 g/mol. The molecular formula is C9H20O4. The second-order valence-corrected chi connectivity index (χ2v) is 3.57. The highest BCUT2D eigenvalue weighted by molar-refractivity contribution is 4.69. The van der Waals surface area contributed by atoms with Crippen LogP contribution in [-0.2, 0) is 0 Å². The van der Waals surface area contributed by atoms with Crippen molar-refractivity contribution >= 4 is 0 Å². The Morgan fingerprint density at radius 1 is 1.15 bits per heavy atom. The molecule has 0 aromatic heterocycles. The normalized spacial score (nSPS) is 22.8. The molecule has 0 aromatic carbocycles. The van der Waals surface area contributed by atoms with Gasteiger partial charge in [0, 0.05) is 12.8 Å². The molecule has 0 aliphatic heterocycles. The van der Waals surface area contributed by atoms with Crippen molar-refractivity contribution in [2.45, 2.75) is 50.9 Å². The topological polar surface area (TPSA) is 80.9 Å². The van der Waals surface area contributed by atoms with Crippen molar-refractivity contribution in [3.63, 3.8) is 0 Å². The van der Waals surface area contributed by atoms with Crippen LogP contribution < -0.4 is 0 Å². The molecule has 80 valence electrons. The molecule has 1 aliphatic rings. The molecule has 1 atom stereocenters. The van der Waals surface area contributed by atoms with E-state index >= 15 is 0 Å². The molecule has 1 unspecified atom stereocenters. The first-order valence-corrected chi connectivity index (χ1v) is 4.71. The van der Waals surface area contributed by atoms with E-state index in [4.69, 9.17) is 20.4 Å². The average molecular weight is 192 g/mol. The lowest BCUT2D eigenvalue weighted by Gasteiger charge is -2.25. The van der Waals surface area contributed by atoms with Crippen molar-refractivity contribution < 1.29 is 20.4 Å². The fourth-order valence-corrected chi connectivity index (χ4v) is 1.12. The van der Waals surface area contributed by atoms with E-state index in [1.165, 1.54) is 6.92 Å². The molecule has 0 spiro atoms. The first-order valence-electron chi connectivity index (χ1n) is 4.71. The largest absolute Gasteiger partial charge is 0.394 e. The van der Waals surface area contributed by atoms with Gasteiger partial charge in [0.05, 0.1) is 12.7 Å². The van der Waals surface area contributed by atoms with Crippen LogP contribution in [0.3, 0.4) is 0 Å². The van der Waals surface area contributed by atoms with Gasteiger partial charge in [-0.05, 0) is 19.8 Å². The predicted octanol–water partition coefficient (Wildman–Crippen LogP) is -0.00910. The second-order valence-electron chi connectivity index (χ2n) is 3.57. The van der Waals surface area contributed by atoms with E-state index < -0.39 is 11.9 Å². The van der Waals surface area contributed by atoms with Crippen LogP contribution in [0.2, 0.25) is 0 Å². The third-order valence-electron chi connectivity index (χ3n) is 1.92. The Kier molecular flexibility index (Phi) is 6.24. The number of rotatable bonds is 1. The van der Waals surface area contributed by atoms with Gasteiger partial charge in [-0.1, -0.05) is 6.42 Å². The monoisotopic (exact) mass is 192 g/mol. The van der Waals surface area contributed by atoms with Crippen molar-refractivity contribution in [2.24, 2.45) is 0 Å². The summed E-state index contributed by atoms with van der Waals surface area (Å²) in [6, 6.07) is 0. The maximum atomic E-state index is 8.93. The smallest absolute Gasteiger partial charge is 0.162 e. The minimum atomic E-state index is -1.32. The molecule has 1 fully saturated rings. The summed E-state index contributed by atoms with van der Waals surface area (Å²) >= 11 is 0. The Morgan fingerprint density at radius 3 is 1.69 bits per heavy atom. The number of aliphatic hydroxyl groups is 4. The van der Waals surface area contributed by atoms with Gasteiger partial charge in [0.2, 0.25) is 0 Å². The minimum absolute atomic E-state index is 0.139. The van der Waals surface area contributed by atoms with Crippen LogP contribution in [0.15, 0.2) is 0 Å². The van der Waals surface area contributed by atoms with E-state index in [1.807, 2.05) is 0 Å². The molecule has 0 radical (unpaired) electrons. The third kappa shape index (κ3) is 8.18. The van der Waals surface area contributed by atoms with Crippen molar-refractivity contribution in [1.29, 1.82) is 0 Å². The Hall–Kier alpha value is -0.160. The van der Waals surface area contributed by atoms with Gasteiger partial charge >= 0.3 is 0 Å². The zero-order valence-electron chi connectivity index (χ0n) is 8.11. The molecule has 4 N–H and O–H groups in total. The summed E-state index contributed by atoms with van der Waals surface area (Å²) in [5, 5.41) is 33.9. The molecule has 4 heteroatoms. The van der Waals surface area contributed by atoms with Gasteiger partial charge < -0.3 is 20.4 Å². The summed E-state index contributed by atoms with van der Waals surface area (Å²) in [4.78, 5) is 0. The molecule has 13 heavy (non-hydrogen) atoms. The maximum Gasteiger partial charge on any atom is 0.162 e. The van der Waals surface area contributed by atoms with Crippen molar-refractivity contribution in [3.8, 4) is 0 Å². The minimum Gasteiger partial charge on any atom is -0.394 e. The van der Waals surface area contributed by atoms with Crippen LogP contribution in [-0.4, -0.2) is 38.9 Å². The third-order valence-corrected chi connectivity index (χ3v) is 1.92. The van der Waals surface area contributed by atoms with Crippen LogP contribution in [0.5, 0.6) is 0 Å². The van der Waals surface area contributed by atoms with E-state index in [-0.39, 0.29) is 6.61 Å². The van der Waals surface area contributed by atoms with Crippen LogP contribution in [0, 0.1) is 0 Å². The van der Waals surface area contributed by atoms with E-state index in [2.05, 4.69) is 0 Å². The lowest BCUT2D eigenvalue weighted by atomic mass is 9.95.